The van der Waals surface area contributed by atoms with Crippen LogP contribution in [0.2, 0.25) is 0 Å². The minimum atomic E-state index is 0.973. The molecule has 0 aliphatic carbocycles. The van der Waals surface area contributed by atoms with Gasteiger partial charge in [-0.2, -0.15) is 10.2 Å². The van der Waals surface area contributed by atoms with E-state index in [-0.39, 0.29) is 0 Å². The van der Waals surface area contributed by atoms with Gasteiger partial charge in [0.2, 0.25) is 0 Å². The molecule has 0 spiro atoms. The predicted molar refractivity (Wildman–Crippen MR) is 62.4 cm³/mol. The number of azo groups is 1. The van der Waals surface area contributed by atoms with Crippen LogP contribution in [-0.2, 0) is 0 Å². The monoisotopic (exact) mass is 192 g/mol. The summed E-state index contributed by atoms with van der Waals surface area (Å²) in [7, 11) is 1.69. The molecule has 2 heteroatoms. The Labute approximate surface area is 87.1 Å². The molecule has 0 N–H and O–H groups in total. The standard InChI is InChI=1S/C10H14N2.C2H6/c1-7-5-6-10(12-11-4)9(3)8(7)2;1-2/h5-6H,1-4H3;1-2H3. The fourth-order valence-corrected chi connectivity index (χ4v) is 1.16. The number of hydrogen-bond donors (Lipinski definition) is 0. The zero-order valence-corrected chi connectivity index (χ0v) is 10.0. The third-order valence-electron chi connectivity index (χ3n) is 2.24. The maximum atomic E-state index is 4.03. The smallest absolute Gasteiger partial charge is 0.0884 e. The molecule has 1 aromatic carbocycles. The molecule has 0 unspecified atom stereocenters. The van der Waals surface area contributed by atoms with Gasteiger partial charge in [-0.1, -0.05) is 19.9 Å². The second-order valence-electron chi connectivity index (χ2n) is 2.95. The van der Waals surface area contributed by atoms with Crippen LogP contribution >= 0.6 is 0 Å². The van der Waals surface area contributed by atoms with Crippen molar-refractivity contribution >= 4 is 5.69 Å². The second-order valence-corrected chi connectivity index (χ2v) is 2.95. The van der Waals surface area contributed by atoms with Gasteiger partial charge in [-0.05, 0) is 43.5 Å². The molecular formula is C12H20N2. The summed E-state index contributed by atoms with van der Waals surface area (Å²) in [6, 6.07) is 4.08. The van der Waals surface area contributed by atoms with Crippen LogP contribution in [-0.4, -0.2) is 7.05 Å². The molecule has 1 aromatic rings. The summed E-state index contributed by atoms with van der Waals surface area (Å²) in [5.41, 5.74) is 4.81. The molecular weight excluding hydrogens is 172 g/mol. The summed E-state index contributed by atoms with van der Waals surface area (Å²) in [5, 5.41) is 7.80. The van der Waals surface area contributed by atoms with Crippen LogP contribution in [0.4, 0.5) is 5.69 Å². The number of rotatable bonds is 1. The van der Waals surface area contributed by atoms with Crippen molar-refractivity contribution in [3.63, 3.8) is 0 Å². The topological polar surface area (TPSA) is 24.7 Å². The highest BCUT2D eigenvalue weighted by Crippen LogP contribution is 2.23. The van der Waals surface area contributed by atoms with Crippen molar-refractivity contribution in [3.8, 4) is 0 Å². The van der Waals surface area contributed by atoms with E-state index in [4.69, 9.17) is 0 Å². The fourth-order valence-electron chi connectivity index (χ4n) is 1.16. The Bertz CT molecular complexity index is 314. The average Bonchev–Trinajstić information content (AvgIpc) is 2.22. The first-order valence-corrected chi connectivity index (χ1v) is 5.03. The summed E-state index contributed by atoms with van der Waals surface area (Å²) in [4.78, 5) is 0. The molecule has 14 heavy (non-hydrogen) atoms. The molecule has 1 rings (SSSR count). The maximum absolute atomic E-state index is 4.03. The first-order chi connectivity index (χ1) is 6.66. The lowest BCUT2D eigenvalue weighted by atomic mass is 10.0. The van der Waals surface area contributed by atoms with E-state index < -0.39 is 0 Å². The van der Waals surface area contributed by atoms with E-state index in [2.05, 4.69) is 37.1 Å². The van der Waals surface area contributed by atoms with Crippen molar-refractivity contribution in [2.75, 3.05) is 7.05 Å². The van der Waals surface area contributed by atoms with Crippen molar-refractivity contribution in [3.05, 3.63) is 28.8 Å². The van der Waals surface area contributed by atoms with Gasteiger partial charge in [0.15, 0.2) is 0 Å². The van der Waals surface area contributed by atoms with E-state index in [1.165, 1.54) is 16.7 Å². The van der Waals surface area contributed by atoms with Gasteiger partial charge < -0.3 is 0 Å². The van der Waals surface area contributed by atoms with E-state index >= 15 is 0 Å². The molecule has 2 nitrogen and oxygen atoms in total. The lowest BCUT2D eigenvalue weighted by Crippen LogP contribution is -1.85. The molecule has 0 aliphatic rings. The lowest BCUT2D eigenvalue weighted by molar-refractivity contribution is 1.14. The molecule has 0 aliphatic heterocycles. The van der Waals surface area contributed by atoms with Gasteiger partial charge in [0.05, 0.1) is 5.69 Å². The first kappa shape index (κ1) is 12.8. The summed E-state index contributed by atoms with van der Waals surface area (Å²) >= 11 is 0. The molecule has 78 valence electrons. The molecule has 0 saturated carbocycles. The highest BCUT2D eigenvalue weighted by Gasteiger charge is 2.01. The van der Waals surface area contributed by atoms with Crippen molar-refractivity contribution in [2.45, 2.75) is 34.6 Å². The number of benzene rings is 1. The summed E-state index contributed by atoms with van der Waals surface area (Å²) in [6.07, 6.45) is 0. The van der Waals surface area contributed by atoms with E-state index in [0.717, 1.165) is 5.69 Å². The average molecular weight is 192 g/mol. The zero-order valence-electron chi connectivity index (χ0n) is 10.0. The molecule has 0 bridgehead atoms. The van der Waals surface area contributed by atoms with Crippen LogP contribution in [0.25, 0.3) is 0 Å². The van der Waals surface area contributed by atoms with E-state index in [1.54, 1.807) is 7.05 Å². The van der Waals surface area contributed by atoms with Crippen LogP contribution in [0.5, 0.6) is 0 Å². The van der Waals surface area contributed by atoms with Crippen LogP contribution in [0, 0.1) is 20.8 Å². The Hall–Kier alpha value is -1.18. The van der Waals surface area contributed by atoms with E-state index in [9.17, 15) is 0 Å². The molecule has 0 saturated heterocycles. The first-order valence-electron chi connectivity index (χ1n) is 5.03. The van der Waals surface area contributed by atoms with Gasteiger partial charge >= 0.3 is 0 Å². The Kier molecular flexibility index (Phi) is 5.77. The van der Waals surface area contributed by atoms with Crippen molar-refractivity contribution in [1.29, 1.82) is 0 Å². The number of hydrogen-bond acceptors (Lipinski definition) is 2. The van der Waals surface area contributed by atoms with Gasteiger partial charge in [0, 0.05) is 7.05 Å². The highest BCUT2D eigenvalue weighted by atomic mass is 15.1. The minimum Gasteiger partial charge on any atom is -0.192 e. The third kappa shape index (κ3) is 2.95. The molecule has 0 fully saturated rings. The van der Waals surface area contributed by atoms with Gasteiger partial charge in [0.25, 0.3) is 0 Å². The summed E-state index contributed by atoms with van der Waals surface area (Å²) in [5.74, 6) is 0. The fraction of sp³-hybridized carbons (Fsp3) is 0.500. The Morgan fingerprint density at radius 2 is 1.50 bits per heavy atom. The second kappa shape index (κ2) is 6.30. The van der Waals surface area contributed by atoms with Crippen LogP contribution in [0.1, 0.15) is 30.5 Å². The quantitative estimate of drug-likeness (QED) is 0.591. The van der Waals surface area contributed by atoms with Crippen molar-refractivity contribution in [2.24, 2.45) is 10.2 Å². The summed E-state index contributed by atoms with van der Waals surface area (Å²) in [6.45, 7) is 10.3. The Morgan fingerprint density at radius 1 is 0.929 bits per heavy atom. The normalized spacial score (nSPS) is 9.86. The zero-order chi connectivity index (χ0) is 11.1. The van der Waals surface area contributed by atoms with E-state index in [0.29, 0.717) is 0 Å². The number of nitrogens with zero attached hydrogens (tertiary/aromatic N) is 2. The lowest BCUT2D eigenvalue weighted by Gasteiger charge is -2.05. The van der Waals surface area contributed by atoms with Crippen molar-refractivity contribution in [1.82, 2.24) is 0 Å². The van der Waals surface area contributed by atoms with Gasteiger partial charge in [-0.25, -0.2) is 0 Å². The molecule has 0 atom stereocenters. The molecule has 0 aromatic heterocycles. The van der Waals surface area contributed by atoms with Gasteiger partial charge in [-0.3, -0.25) is 0 Å². The van der Waals surface area contributed by atoms with Crippen molar-refractivity contribution < 1.29 is 0 Å². The minimum absolute atomic E-state index is 0.973. The van der Waals surface area contributed by atoms with Crippen LogP contribution in [0.15, 0.2) is 22.4 Å². The SMILES string of the molecule is CC.CN=Nc1ccc(C)c(C)c1C. The molecule has 0 amide bonds. The van der Waals surface area contributed by atoms with Crippen LogP contribution in [0.3, 0.4) is 0 Å². The van der Waals surface area contributed by atoms with Gasteiger partial charge in [-0.15, -0.1) is 0 Å². The number of aryl methyl sites for hydroxylation is 1. The van der Waals surface area contributed by atoms with E-state index in [1.807, 2.05) is 19.9 Å². The maximum Gasteiger partial charge on any atom is 0.0884 e. The van der Waals surface area contributed by atoms with Crippen LogP contribution < -0.4 is 0 Å². The Balaban J connectivity index is 0.000000791. The summed E-state index contributed by atoms with van der Waals surface area (Å²) < 4.78 is 0. The Morgan fingerprint density at radius 3 is 2.00 bits per heavy atom. The predicted octanol–water partition coefficient (Wildman–Crippen LogP) is 4.35. The third-order valence-corrected chi connectivity index (χ3v) is 2.24. The molecule has 0 radical (unpaired) electrons. The largest absolute Gasteiger partial charge is 0.192 e. The highest BCUT2D eigenvalue weighted by molar-refractivity contribution is 5.51. The molecule has 0 heterocycles. The van der Waals surface area contributed by atoms with Gasteiger partial charge in [0.1, 0.15) is 0 Å².